The molecular weight excluding hydrogens is 406 g/mol. The molecular formula is C15H13BrClNO2S2. The van der Waals surface area contributed by atoms with E-state index in [0.29, 0.717) is 16.5 Å². The zero-order valence-electron chi connectivity index (χ0n) is 11.4. The summed E-state index contributed by atoms with van der Waals surface area (Å²) in [7, 11) is -3.54. The molecule has 7 heteroatoms. The normalized spacial score (nSPS) is 19.5. The van der Waals surface area contributed by atoms with Gasteiger partial charge in [0.2, 0.25) is 10.0 Å². The number of hydrogen-bond donors (Lipinski definition) is 0. The van der Waals surface area contributed by atoms with E-state index in [1.165, 1.54) is 4.31 Å². The molecule has 0 saturated carbocycles. The highest BCUT2D eigenvalue weighted by molar-refractivity contribution is 9.10. The summed E-state index contributed by atoms with van der Waals surface area (Å²) >= 11 is 11.2. The minimum atomic E-state index is -3.54. The number of thioether (sulfide) groups is 1. The summed E-state index contributed by atoms with van der Waals surface area (Å²) in [5.41, 5.74) is 0.840. The first-order valence-electron chi connectivity index (χ1n) is 6.63. The molecule has 2 aromatic carbocycles. The van der Waals surface area contributed by atoms with Crippen molar-refractivity contribution in [2.45, 2.75) is 10.3 Å². The highest BCUT2D eigenvalue weighted by atomic mass is 79.9. The molecule has 22 heavy (non-hydrogen) atoms. The van der Waals surface area contributed by atoms with Crippen LogP contribution in [-0.2, 0) is 10.0 Å². The van der Waals surface area contributed by atoms with Gasteiger partial charge in [0.1, 0.15) is 0 Å². The fraction of sp³-hybridized carbons (Fsp3) is 0.200. The SMILES string of the molecule is O=S(=O)(c1ccc(Br)cc1)N1CCS[C@@H]1c1ccccc1Cl. The summed E-state index contributed by atoms with van der Waals surface area (Å²) in [5.74, 6) is 0.756. The monoisotopic (exact) mass is 417 g/mol. The van der Waals surface area contributed by atoms with Crippen molar-refractivity contribution in [3.8, 4) is 0 Å². The predicted octanol–water partition coefficient (Wildman–Crippen LogP) is 4.54. The van der Waals surface area contributed by atoms with E-state index in [2.05, 4.69) is 15.9 Å². The Morgan fingerprint density at radius 1 is 1.14 bits per heavy atom. The van der Waals surface area contributed by atoms with E-state index in [0.717, 1.165) is 15.8 Å². The fourth-order valence-electron chi connectivity index (χ4n) is 2.36. The van der Waals surface area contributed by atoms with Crippen LogP contribution in [0.2, 0.25) is 5.02 Å². The summed E-state index contributed by atoms with van der Waals surface area (Å²) in [6.45, 7) is 0.485. The maximum absolute atomic E-state index is 12.9. The van der Waals surface area contributed by atoms with E-state index in [-0.39, 0.29) is 5.37 Å². The molecule has 1 heterocycles. The minimum Gasteiger partial charge on any atom is -0.207 e. The first-order chi connectivity index (χ1) is 10.5. The third-order valence-electron chi connectivity index (χ3n) is 3.44. The van der Waals surface area contributed by atoms with Crippen LogP contribution in [0, 0.1) is 0 Å². The molecule has 1 atom stereocenters. The molecule has 0 unspecified atom stereocenters. The Bertz CT molecular complexity index is 780. The van der Waals surface area contributed by atoms with Crippen LogP contribution in [0.4, 0.5) is 0 Å². The number of benzene rings is 2. The summed E-state index contributed by atoms with van der Waals surface area (Å²) in [6, 6.07) is 14.1. The lowest BCUT2D eigenvalue weighted by Gasteiger charge is -2.24. The van der Waals surface area contributed by atoms with Gasteiger partial charge in [0, 0.05) is 21.8 Å². The van der Waals surface area contributed by atoms with Crippen molar-refractivity contribution >= 4 is 49.3 Å². The highest BCUT2D eigenvalue weighted by Crippen LogP contribution is 2.43. The first-order valence-corrected chi connectivity index (χ1v) is 10.3. The summed E-state index contributed by atoms with van der Waals surface area (Å²) < 4.78 is 28.2. The molecule has 0 spiro atoms. The van der Waals surface area contributed by atoms with Crippen molar-refractivity contribution < 1.29 is 8.42 Å². The maximum Gasteiger partial charge on any atom is 0.244 e. The van der Waals surface area contributed by atoms with Crippen molar-refractivity contribution in [2.24, 2.45) is 0 Å². The molecule has 1 fully saturated rings. The Morgan fingerprint density at radius 2 is 1.82 bits per heavy atom. The van der Waals surface area contributed by atoms with E-state index in [1.54, 1.807) is 42.1 Å². The lowest BCUT2D eigenvalue weighted by Crippen LogP contribution is -2.30. The fourth-order valence-corrected chi connectivity index (χ4v) is 6.20. The molecule has 116 valence electrons. The number of rotatable bonds is 3. The highest BCUT2D eigenvalue weighted by Gasteiger charge is 2.37. The number of sulfonamides is 1. The molecule has 0 bridgehead atoms. The third kappa shape index (κ3) is 3.08. The van der Waals surface area contributed by atoms with Gasteiger partial charge in [-0.05, 0) is 35.9 Å². The summed E-state index contributed by atoms with van der Waals surface area (Å²) in [4.78, 5) is 0.301. The average Bonchev–Trinajstić information content (AvgIpc) is 2.98. The van der Waals surface area contributed by atoms with Gasteiger partial charge in [0.05, 0.1) is 10.3 Å². The molecule has 0 amide bonds. The zero-order chi connectivity index (χ0) is 15.7. The molecule has 0 aliphatic carbocycles. The van der Waals surface area contributed by atoms with Crippen molar-refractivity contribution in [3.63, 3.8) is 0 Å². The van der Waals surface area contributed by atoms with Crippen LogP contribution in [0.1, 0.15) is 10.9 Å². The number of hydrogen-bond acceptors (Lipinski definition) is 3. The molecule has 0 radical (unpaired) electrons. The van der Waals surface area contributed by atoms with Crippen LogP contribution in [-0.4, -0.2) is 25.0 Å². The van der Waals surface area contributed by atoms with Gasteiger partial charge in [-0.25, -0.2) is 8.42 Å². The Labute approximate surface area is 147 Å². The molecule has 1 aliphatic heterocycles. The van der Waals surface area contributed by atoms with Gasteiger partial charge in [-0.15, -0.1) is 11.8 Å². The quantitative estimate of drug-likeness (QED) is 0.734. The number of nitrogens with zero attached hydrogens (tertiary/aromatic N) is 1. The van der Waals surface area contributed by atoms with Crippen LogP contribution in [0.3, 0.4) is 0 Å². The maximum atomic E-state index is 12.9. The van der Waals surface area contributed by atoms with E-state index < -0.39 is 10.0 Å². The molecule has 1 saturated heterocycles. The molecule has 0 N–H and O–H groups in total. The van der Waals surface area contributed by atoms with Crippen LogP contribution in [0.25, 0.3) is 0 Å². The largest absolute Gasteiger partial charge is 0.244 e. The van der Waals surface area contributed by atoms with E-state index in [4.69, 9.17) is 11.6 Å². The van der Waals surface area contributed by atoms with Gasteiger partial charge < -0.3 is 0 Å². The van der Waals surface area contributed by atoms with Crippen molar-refractivity contribution in [3.05, 3.63) is 63.6 Å². The van der Waals surface area contributed by atoms with Crippen molar-refractivity contribution in [1.29, 1.82) is 0 Å². The van der Waals surface area contributed by atoms with Gasteiger partial charge in [-0.2, -0.15) is 4.31 Å². The average molecular weight is 419 g/mol. The Balaban J connectivity index is 1.99. The molecule has 3 rings (SSSR count). The van der Waals surface area contributed by atoms with Gasteiger partial charge in [-0.1, -0.05) is 45.7 Å². The van der Waals surface area contributed by atoms with Crippen molar-refractivity contribution in [1.82, 2.24) is 4.31 Å². The lowest BCUT2D eigenvalue weighted by molar-refractivity contribution is 0.434. The van der Waals surface area contributed by atoms with Crippen LogP contribution in [0.5, 0.6) is 0 Å². The van der Waals surface area contributed by atoms with E-state index >= 15 is 0 Å². The van der Waals surface area contributed by atoms with E-state index in [9.17, 15) is 8.42 Å². The van der Waals surface area contributed by atoms with Gasteiger partial charge in [0.15, 0.2) is 0 Å². The van der Waals surface area contributed by atoms with E-state index in [1.807, 2.05) is 18.2 Å². The van der Waals surface area contributed by atoms with Gasteiger partial charge in [-0.3, -0.25) is 0 Å². The second-order valence-corrected chi connectivity index (χ2v) is 9.22. The molecule has 1 aliphatic rings. The molecule has 2 aromatic rings. The number of halogens is 2. The van der Waals surface area contributed by atoms with Crippen LogP contribution >= 0.6 is 39.3 Å². The third-order valence-corrected chi connectivity index (χ3v) is 7.57. The minimum absolute atomic E-state index is 0.276. The first kappa shape index (κ1) is 16.3. The second-order valence-electron chi connectivity index (χ2n) is 4.81. The summed E-state index contributed by atoms with van der Waals surface area (Å²) in [6.07, 6.45) is 0. The Morgan fingerprint density at radius 3 is 2.50 bits per heavy atom. The Kier molecular flexibility index (Phi) is 4.85. The topological polar surface area (TPSA) is 37.4 Å². The molecule has 3 nitrogen and oxygen atoms in total. The van der Waals surface area contributed by atoms with Crippen LogP contribution in [0.15, 0.2) is 57.9 Å². The van der Waals surface area contributed by atoms with Gasteiger partial charge >= 0.3 is 0 Å². The van der Waals surface area contributed by atoms with Crippen molar-refractivity contribution in [2.75, 3.05) is 12.3 Å². The Hall–Kier alpha value is -0.530. The molecule has 0 aromatic heterocycles. The standard InChI is InChI=1S/C15H13BrClNO2S2/c16-11-5-7-12(8-6-11)22(19,20)18-9-10-21-15(18)13-3-1-2-4-14(13)17/h1-8,15H,9-10H2/t15-/m1/s1. The smallest absolute Gasteiger partial charge is 0.207 e. The van der Waals surface area contributed by atoms with Gasteiger partial charge in [0.25, 0.3) is 0 Å². The zero-order valence-corrected chi connectivity index (χ0v) is 15.4. The lowest BCUT2D eigenvalue weighted by atomic mass is 10.2. The second kappa shape index (κ2) is 6.53. The van der Waals surface area contributed by atoms with Crippen LogP contribution < -0.4 is 0 Å². The predicted molar refractivity (Wildman–Crippen MR) is 94.7 cm³/mol. The summed E-state index contributed by atoms with van der Waals surface area (Å²) in [5, 5.41) is 0.320.